The van der Waals surface area contributed by atoms with Crippen molar-refractivity contribution in [1.29, 1.82) is 0 Å². The Kier molecular flexibility index (Phi) is 4.88. The molecule has 0 unspecified atom stereocenters. The van der Waals surface area contributed by atoms with Crippen molar-refractivity contribution in [2.75, 3.05) is 19.3 Å². The smallest absolute Gasteiger partial charge is 0.155 e. The standard InChI is InChI=1S/C14H20FN3OS/c1-20-14(13(16)17-19)6-8-18(9-7-14)10-11-4-2-3-5-12(11)15/h2-5,19H,6-10H2,1H3,(H2,16,17). The quantitative estimate of drug-likeness (QED) is 0.387. The van der Waals surface area contributed by atoms with Crippen molar-refractivity contribution in [3.8, 4) is 0 Å². The lowest BCUT2D eigenvalue weighted by molar-refractivity contribution is 0.207. The zero-order chi connectivity index (χ0) is 14.6. The van der Waals surface area contributed by atoms with E-state index in [0.717, 1.165) is 25.9 Å². The molecular formula is C14H20FN3OS. The molecule has 1 fully saturated rings. The van der Waals surface area contributed by atoms with E-state index in [1.54, 1.807) is 17.8 Å². The largest absolute Gasteiger partial charge is 0.409 e. The molecule has 20 heavy (non-hydrogen) atoms. The number of nitrogens with zero attached hydrogens (tertiary/aromatic N) is 2. The van der Waals surface area contributed by atoms with Gasteiger partial charge in [0.2, 0.25) is 0 Å². The maximum Gasteiger partial charge on any atom is 0.155 e. The van der Waals surface area contributed by atoms with Crippen LogP contribution in [-0.2, 0) is 6.54 Å². The predicted molar refractivity (Wildman–Crippen MR) is 80.6 cm³/mol. The van der Waals surface area contributed by atoms with E-state index in [4.69, 9.17) is 10.9 Å². The summed E-state index contributed by atoms with van der Waals surface area (Å²) in [6.45, 7) is 2.23. The molecule has 1 aliphatic rings. The molecule has 0 amide bonds. The van der Waals surface area contributed by atoms with Crippen LogP contribution in [0.5, 0.6) is 0 Å². The Labute approximate surface area is 122 Å². The number of nitrogens with two attached hydrogens (primary N) is 1. The van der Waals surface area contributed by atoms with E-state index < -0.39 is 0 Å². The van der Waals surface area contributed by atoms with Crippen LogP contribution in [-0.4, -0.2) is 40.0 Å². The molecule has 0 atom stereocenters. The molecule has 1 aromatic carbocycles. The van der Waals surface area contributed by atoms with Gasteiger partial charge < -0.3 is 10.9 Å². The number of oxime groups is 1. The molecule has 1 aliphatic heterocycles. The Morgan fingerprint density at radius 3 is 2.65 bits per heavy atom. The van der Waals surface area contributed by atoms with Gasteiger partial charge in [-0.25, -0.2) is 4.39 Å². The molecule has 1 heterocycles. The zero-order valence-electron chi connectivity index (χ0n) is 11.6. The summed E-state index contributed by atoms with van der Waals surface area (Å²) in [5.74, 6) is 0.126. The predicted octanol–water partition coefficient (Wildman–Crippen LogP) is 2.27. The highest BCUT2D eigenvalue weighted by molar-refractivity contribution is 8.00. The van der Waals surface area contributed by atoms with Gasteiger partial charge in [-0.1, -0.05) is 23.4 Å². The van der Waals surface area contributed by atoms with E-state index in [9.17, 15) is 4.39 Å². The number of hydrogen-bond donors (Lipinski definition) is 2. The minimum Gasteiger partial charge on any atom is -0.409 e. The number of piperidine rings is 1. The third-order valence-electron chi connectivity index (χ3n) is 3.98. The normalized spacial score (nSPS) is 20.0. The summed E-state index contributed by atoms with van der Waals surface area (Å²) in [5, 5.41) is 12.1. The van der Waals surface area contributed by atoms with Gasteiger partial charge in [-0.2, -0.15) is 11.8 Å². The number of likely N-dealkylation sites (tertiary alicyclic amines) is 1. The minimum absolute atomic E-state index is 0.161. The van der Waals surface area contributed by atoms with Gasteiger partial charge in [0.15, 0.2) is 5.84 Å². The third kappa shape index (κ3) is 3.07. The summed E-state index contributed by atoms with van der Waals surface area (Å²) in [4.78, 5) is 2.21. The van der Waals surface area contributed by atoms with Gasteiger partial charge in [-0.15, -0.1) is 0 Å². The summed E-state index contributed by atoms with van der Waals surface area (Å²) in [7, 11) is 0. The van der Waals surface area contributed by atoms with Crippen LogP contribution < -0.4 is 5.73 Å². The molecule has 0 radical (unpaired) electrons. The molecule has 0 bridgehead atoms. The summed E-state index contributed by atoms with van der Waals surface area (Å²) < 4.78 is 13.4. The molecule has 0 spiro atoms. The molecule has 1 aromatic rings. The first-order valence-corrected chi connectivity index (χ1v) is 7.83. The van der Waals surface area contributed by atoms with Crippen molar-refractivity contribution < 1.29 is 9.60 Å². The Morgan fingerprint density at radius 1 is 1.45 bits per heavy atom. The molecule has 2 rings (SSSR count). The lowest BCUT2D eigenvalue weighted by Crippen LogP contribution is -2.49. The molecule has 110 valence electrons. The van der Waals surface area contributed by atoms with E-state index in [0.29, 0.717) is 12.1 Å². The fourth-order valence-electron chi connectivity index (χ4n) is 2.60. The Bertz CT molecular complexity index is 487. The third-order valence-corrected chi connectivity index (χ3v) is 5.38. The highest BCUT2D eigenvalue weighted by atomic mass is 32.2. The second-order valence-corrected chi connectivity index (χ2v) is 6.24. The first-order valence-electron chi connectivity index (χ1n) is 6.60. The molecule has 1 saturated heterocycles. The van der Waals surface area contributed by atoms with E-state index in [-0.39, 0.29) is 16.4 Å². The maximum atomic E-state index is 13.6. The number of rotatable bonds is 4. The highest BCUT2D eigenvalue weighted by Gasteiger charge is 2.38. The van der Waals surface area contributed by atoms with E-state index >= 15 is 0 Å². The van der Waals surface area contributed by atoms with Gasteiger partial charge in [-0.05, 0) is 25.2 Å². The Balaban J connectivity index is 1.99. The highest BCUT2D eigenvalue weighted by Crippen LogP contribution is 2.35. The molecule has 4 nitrogen and oxygen atoms in total. The first-order chi connectivity index (χ1) is 9.61. The molecular weight excluding hydrogens is 277 g/mol. The van der Waals surface area contributed by atoms with Crippen LogP contribution in [0.4, 0.5) is 4.39 Å². The van der Waals surface area contributed by atoms with Crippen LogP contribution in [0.1, 0.15) is 18.4 Å². The van der Waals surface area contributed by atoms with Crippen LogP contribution in [0.15, 0.2) is 29.4 Å². The Hall–Kier alpha value is -1.27. The lowest BCUT2D eigenvalue weighted by Gasteiger charge is -2.39. The van der Waals surface area contributed by atoms with Crippen LogP contribution in [0, 0.1) is 5.82 Å². The molecule has 0 aliphatic carbocycles. The number of benzene rings is 1. The van der Waals surface area contributed by atoms with Crippen molar-refractivity contribution in [1.82, 2.24) is 4.90 Å². The van der Waals surface area contributed by atoms with E-state index in [2.05, 4.69) is 10.1 Å². The van der Waals surface area contributed by atoms with Crippen molar-refractivity contribution in [3.05, 3.63) is 35.6 Å². The molecule has 6 heteroatoms. The number of hydrogen-bond acceptors (Lipinski definition) is 4. The number of halogens is 1. The van der Waals surface area contributed by atoms with Crippen molar-refractivity contribution in [2.45, 2.75) is 24.1 Å². The van der Waals surface area contributed by atoms with Gasteiger partial charge in [0.25, 0.3) is 0 Å². The SMILES string of the molecule is CSC1(C(N)=NO)CCN(Cc2ccccc2F)CC1. The second-order valence-electron chi connectivity index (χ2n) is 5.05. The summed E-state index contributed by atoms with van der Waals surface area (Å²) in [6, 6.07) is 6.86. The van der Waals surface area contributed by atoms with Crippen LogP contribution in [0.25, 0.3) is 0 Å². The maximum absolute atomic E-state index is 13.6. The Morgan fingerprint density at radius 2 is 2.10 bits per heavy atom. The van der Waals surface area contributed by atoms with Crippen LogP contribution in [0.3, 0.4) is 0 Å². The van der Waals surface area contributed by atoms with Crippen molar-refractivity contribution in [2.24, 2.45) is 10.9 Å². The monoisotopic (exact) mass is 297 g/mol. The second kappa shape index (κ2) is 6.45. The van der Waals surface area contributed by atoms with Gasteiger partial charge in [0, 0.05) is 25.2 Å². The average molecular weight is 297 g/mol. The number of thioether (sulfide) groups is 1. The van der Waals surface area contributed by atoms with Crippen molar-refractivity contribution in [3.63, 3.8) is 0 Å². The molecule has 3 N–H and O–H groups in total. The van der Waals surface area contributed by atoms with E-state index in [1.165, 1.54) is 6.07 Å². The topological polar surface area (TPSA) is 61.9 Å². The summed E-state index contributed by atoms with van der Waals surface area (Å²) in [6.07, 6.45) is 3.58. The van der Waals surface area contributed by atoms with Gasteiger partial charge in [-0.3, -0.25) is 4.90 Å². The minimum atomic E-state index is -0.291. The van der Waals surface area contributed by atoms with E-state index in [1.807, 2.05) is 18.4 Å². The average Bonchev–Trinajstić information content (AvgIpc) is 2.50. The van der Waals surface area contributed by atoms with Crippen LogP contribution >= 0.6 is 11.8 Å². The van der Waals surface area contributed by atoms with Gasteiger partial charge in [0.05, 0.1) is 4.75 Å². The number of amidine groups is 1. The summed E-state index contributed by atoms with van der Waals surface area (Å²) in [5.41, 5.74) is 6.53. The lowest BCUT2D eigenvalue weighted by atomic mass is 9.94. The fourth-order valence-corrected chi connectivity index (χ4v) is 3.44. The van der Waals surface area contributed by atoms with Crippen molar-refractivity contribution >= 4 is 17.6 Å². The zero-order valence-corrected chi connectivity index (χ0v) is 12.4. The fraction of sp³-hybridized carbons (Fsp3) is 0.500. The molecule has 0 aromatic heterocycles. The first kappa shape index (κ1) is 15.1. The van der Waals surface area contributed by atoms with Gasteiger partial charge in [0.1, 0.15) is 5.82 Å². The summed E-state index contributed by atoms with van der Waals surface area (Å²) >= 11 is 1.62. The van der Waals surface area contributed by atoms with Crippen LogP contribution in [0.2, 0.25) is 0 Å². The molecule has 0 saturated carbocycles. The van der Waals surface area contributed by atoms with Gasteiger partial charge >= 0.3 is 0 Å².